The van der Waals surface area contributed by atoms with Crippen LogP contribution >= 0.6 is 0 Å². The van der Waals surface area contributed by atoms with E-state index in [1.54, 1.807) is 25.9 Å². The summed E-state index contributed by atoms with van der Waals surface area (Å²) in [6, 6.07) is 0. The molecule has 0 aromatic carbocycles. The molecule has 0 amide bonds. The van der Waals surface area contributed by atoms with E-state index in [1.165, 1.54) is 13.0 Å². The lowest BCUT2D eigenvalue weighted by atomic mass is 9.84. The molecule has 96 valence electrons. The van der Waals surface area contributed by atoms with Crippen LogP contribution < -0.4 is 0 Å². The van der Waals surface area contributed by atoms with Crippen molar-refractivity contribution in [2.24, 2.45) is 0 Å². The molecule has 0 fully saturated rings. The van der Waals surface area contributed by atoms with Crippen molar-refractivity contribution < 1.29 is 19.8 Å². The summed E-state index contributed by atoms with van der Waals surface area (Å²) < 4.78 is 0. The fraction of sp³-hybridized carbons (Fsp3) is 0.500. The minimum Gasteiger partial charge on any atom is -0.478 e. The number of carbonyl (C=O) groups is 2. The summed E-state index contributed by atoms with van der Waals surface area (Å²) in [6.45, 7) is 6.78. The van der Waals surface area contributed by atoms with Gasteiger partial charge in [-0.2, -0.15) is 0 Å². The predicted molar refractivity (Wildman–Crippen MR) is 64.9 cm³/mol. The molecule has 0 saturated carbocycles. The molecule has 0 aromatic heterocycles. The van der Waals surface area contributed by atoms with Crippen LogP contribution in [0.25, 0.3) is 0 Å². The molecule has 0 aliphatic carbocycles. The molecule has 0 rings (SSSR count). The molecule has 1 unspecified atom stereocenters. The maximum absolute atomic E-state index is 11.1. The molecule has 0 aromatic rings. The van der Waals surface area contributed by atoms with Gasteiger partial charge in [0.2, 0.25) is 0 Å². The van der Waals surface area contributed by atoms with Crippen LogP contribution in [0.4, 0.5) is 0 Å². The molecule has 0 radical (unpaired) electrons. The van der Waals surface area contributed by atoms with Crippen LogP contribution in [0, 0.1) is 0 Å². The van der Waals surface area contributed by atoms with Gasteiger partial charge in [-0.15, -0.1) is 0 Å². The second kappa shape index (κ2) is 5.63. The quantitative estimate of drug-likeness (QED) is 0.687. The lowest BCUT2D eigenvalue weighted by Gasteiger charge is -2.37. The van der Waals surface area contributed by atoms with Gasteiger partial charge in [-0.3, -0.25) is 4.90 Å². The molecular formula is C12H19NO4. The Morgan fingerprint density at radius 2 is 1.76 bits per heavy atom. The van der Waals surface area contributed by atoms with Gasteiger partial charge in [-0.1, -0.05) is 13.5 Å². The minimum absolute atomic E-state index is 0.0365. The molecule has 2 N–H and O–H groups in total. The Morgan fingerprint density at radius 1 is 1.29 bits per heavy atom. The minimum atomic E-state index is -1.13. The summed E-state index contributed by atoms with van der Waals surface area (Å²) >= 11 is 0. The lowest BCUT2D eigenvalue weighted by molar-refractivity contribution is -0.134. The Morgan fingerprint density at radius 3 is 2.00 bits per heavy atom. The second-order valence-electron chi connectivity index (χ2n) is 4.09. The third-order valence-electron chi connectivity index (χ3n) is 2.91. The second-order valence-corrected chi connectivity index (χ2v) is 4.09. The summed E-state index contributed by atoms with van der Waals surface area (Å²) in [6.07, 6.45) is 1.86. The molecule has 0 heterocycles. The maximum atomic E-state index is 11.1. The topological polar surface area (TPSA) is 77.8 Å². The number of aliphatic carboxylic acids is 2. The van der Waals surface area contributed by atoms with Crippen molar-refractivity contribution in [1.29, 1.82) is 0 Å². The van der Waals surface area contributed by atoms with Crippen LogP contribution in [0.3, 0.4) is 0 Å². The van der Waals surface area contributed by atoms with Gasteiger partial charge in [0, 0.05) is 5.57 Å². The SMILES string of the molecule is C=C(C(=O)O)C(C=C(C)C(=O)O)(CC)N(C)C. The van der Waals surface area contributed by atoms with Crippen LogP contribution in [0.1, 0.15) is 20.3 Å². The van der Waals surface area contributed by atoms with E-state index in [-0.39, 0.29) is 11.1 Å². The maximum Gasteiger partial charge on any atom is 0.333 e. The first-order chi connectivity index (χ1) is 7.69. The van der Waals surface area contributed by atoms with Crippen LogP contribution in [0.5, 0.6) is 0 Å². The number of rotatable bonds is 6. The largest absolute Gasteiger partial charge is 0.478 e. The zero-order valence-corrected chi connectivity index (χ0v) is 10.6. The molecule has 0 saturated heterocycles. The Balaban J connectivity index is 5.70. The Bertz CT molecular complexity index is 371. The number of hydrogen-bond donors (Lipinski definition) is 2. The van der Waals surface area contributed by atoms with E-state index in [9.17, 15) is 9.59 Å². The third-order valence-corrected chi connectivity index (χ3v) is 2.91. The van der Waals surface area contributed by atoms with Gasteiger partial charge in [0.15, 0.2) is 0 Å². The van der Waals surface area contributed by atoms with Crippen LogP contribution in [0.15, 0.2) is 23.8 Å². The normalized spacial score (nSPS) is 15.5. The zero-order valence-electron chi connectivity index (χ0n) is 10.6. The van der Waals surface area contributed by atoms with Crippen molar-refractivity contribution in [1.82, 2.24) is 4.90 Å². The van der Waals surface area contributed by atoms with Crippen molar-refractivity contribution in [3.8, 4) is 0 Å². The molecule has 17 heavy (non-hydrogen) atoms. The first-order valence-corrected chi connectivity index (χ1v) is 5.22. The molecule has 0 bridgehead atoms. The number of nitrogens with zero attached hydrogens (tertiary/aromatic N) is 1. The molecule has 5 nitrogen and oxygen atoms in total. The lowest BCUT2D eigenvalue weighted by Crippen LogP contribution is -2.46. The summed E-state index contributed by atoms with van der Waals surface area (Å²) in [5.74, 6) is -2.20. The Hall–Kier alpha value is -1.62. The highest BCUT2D eigenvalue weighted by Gasteiger charge is 2.36. The van der Waals surface area contributed by atoms with Crippen molar-refractivity contribution >= 4 is 11.9 Å². The summed E-state index contributed by atoms with van der Waals surface area (Å²) in [5.41, 5.74) is -0.914. The van der Waals surface area contributed by atoms with E-state index in [4.69, 9.17) is 10.2 Å². The van der Waals surface area contributed by atoms with E-state index < -0.39 is 17.5 Å². The first kappa shape index (κ1) is 15.4. The molecule has 0 aliphatic rings. The van der Waals surface area contributed by atoms with E-state index in [2.05, 4.69) is 6.58 Å². The number of carboxylic acids is 2. The van der Waals surface area contributed by atoms with E-state index in [0.717, 1.165) is 0 Å². The van der Waals surface area contributed by atoms with Crippen molar-refractivity contribution in [2.75, 3.05) is 14.1 Å². The highest BCUT2D eigenvalue weighted by atomic mass is 16.4. The van der Waals surface area contributed by atoms with Crippen LogP contribution in [-0.2, 0) is 9.59 Å². The molecular weight excluding hydrogens is 222 g/mol. The number of likely N-dealkylation sites (N-methyl/N-ethyl adjacent to an activating group) is 1. The van der Waals surface area contributed by atoms with Crippen molar-refractivity contribution in [2.45, 2.75) is 25.8 Å². The molecule has 5 heteroatoms. The summed E-state index contributed by atoms with van der Waals surface area (Å²) in [4.78, 5) is 23.6. The van der Waals surface area contributed by atoms with Gasteiger partial charge in [-0.05, 0) is 33.5 Å². The highest BCUT2D eigenvalue weighted by Crippen LogP contribution is 2.28. The molecule has 1 atom stereocenters. The average molecular weight is 241 g/mol. The van der Waals surface area contributed by atoms with Crippen molar-refractivity contribution in [3.63, 3.8) is 0 Å². The van der Waals surface area contributed by atoms with Gasteiger partial charge < -0.3 is 10.2 Å². The highest BCUT2D eigenvalue weighted by molar-refractivity contribution is 5.91. The van der Waals surface area contributed by atoms with E-state index >= 15 is 0 Å². The summed E-state index contributed by atoms with van der Waals surface area (Å²) in [5, 5.41) is 17.9. The average Bonchev–Trinajstić information content (AvgIpc) is 2.23. The Labute approximate surface area is 101 Å². The van der Waals surface area contributed by atoms with Gasteiger partial charge in [0.05, 0.1) is 11.1 Å². The van der Waals surface area contributed by atoms with Gasteiger partial charge >= 0.3 is 11.9 Å². The number of hydrogen-bond acceptors (Lipinski definition) is 3. The smallest absolute Gasteiger partial charge is 0.333 e. The standard InChI is InChI=1S/C12H19NO4/c1-6-12(13(4)5,9(3)11(16)17)7-8(2)10(14)15/h7H,3,6H2,1-2,4-5H3,(H,14,15)(H,16,17). The van der Waals surface area contributed by atoms with Gasteiger partial charge in [-0.25, -0.2) is 9.59 Å². The van der Waals surface area contributed by atoms with E-state index in [0.29, 0.717) is 6.42 Å². The summed E-state index contributed by atoms with van der Waals surface area (Å²) in [7, 11) is 3.40. The molecule has 0 spiro atoms. The van der Waals surface area contributed by atoms with Gasteiger partial charge in [0.1, 0.15) is 0 Å². The van der Waals surface area contributed by atoms with E-state index in [1.807, 2.05) is 0 Å². The molecule has 0 aliphatic heterocycles. The fourth-order valence-electron chi connectivity index (χ4n) is 1.72. The fourth-order valence-corrected chi connectivity index (χ4v) is 1.72. The first-order valence-electron chi connectivity index (χ1n) is 5.22. The van der Waals surface area contributed by atoms with Gasteiger partial charge in [0.25, 0.3) is 0 Å². The van der Waals surface area contributed by atoms with Crippen LogP contribution in [-0.4, -0.2) is 46.7 Å². The monoisotopic (exact) mass is 241 g/mol. The zero-order chi connectivity index (χ0) is 13.8. The Kier molecular flexibility index (Phi) is 5.10. The van der Waals surface area contributed by atoms with Crippen molar-refractivity contribution in [3.05, 3.63) is 23.8 Å². The third kappa shape index (κ3) is 3.17. The predicted octanol–water partition coefficient (Wildman–Crippen LogP) is 1.37. The number of carboxylic acid groups (broad SMARTS) is 2. The van der Waals surface area contributed by atoms with Crippen LogP contribution in [0.2, 0.25) is 0 Å².